The number of benzene rings is 1. The minimum atomic E-state index is -2.65. The number of alkyl halides is 2. The number of hydrogen-bond donors (Lipinski definition) is 0. The van der Waals surface area contributed by atoms with Gasteiger partial charge in [-0.3, -0.25) is 4.98 Å². The summed E-state index contributed by atoms with van der Waals surface area (Å²) in [7, 11) is 0. The molecule has 1 atom stereocenters. The van der Waals surface area contributed by atoms with Gasteiger partial charge in [0.15, 0.2) is 0 Å². The van der Waals surface area contributed by atoms with Crippen molar-refractivity contribution in [2.75, 3.05) is 0 Å². The average molecular weight is 262 g/mol. The Balaban J connectivity index is 2.47. The molecule has 1 heterocycles. The summed E-state index contributed by atoms with van der Waals surface area (Å²) in [5.74, 6) is -1.56. The van der Waals surface area contributed by atoms with E-state index in [0.717, 1.165) is 6.07 Å². The smallest absolute Gasteiger partial charge is 0.260 e. The first-order chi connectivity index (χ1) is 9.13. The Kier molecular flexibility index (Phi) is 3.81. The molecular weight excluding hydrogens is 253 g/mol. The zero-order valence-corrected chi connectivity index (χ0v) is 9.72. The normalized spacial score (nSPS) is 12.2. The average Bonchev–Trinajstić information content (AvgIpc) is 2.42. The van der Waals surface area contributed by atoms with E-state index in [0.29, 0.717) is 0 Å². The van der Waals surface area contributed by atoms with Crippen molar-refractivity contribution < 1.29 is 13.2 Å². The third-order valence-corrected chi connectivity index (χ3v) is 2.70. The Hall–Kier alpha value is -2.35. The maximum atomic E-state index is 13.6. The molecule has 2 aromatic rings. The van der Waals surface area contributed by atoms with Crippen LogP contribution in [0.3, 0.4) is 0 Å². The fourth-order valence-electron chi connectivity index (χ4n) is 1.76. The van der Waals surface area contributed by atoms with E-state index in [1.54, 1.807) is 6.07 Å². The number of nitriles is 1. The van der Waals surface area contributed by atoms with Crippen LogP contribution in [0.4, 0.5) is 13.2 Å². The lowest BCUT2D eigenvalue weighted by molar-refractivity contribution is 0.151. The Morgan fingerprint density at radius 3 is 2.53 bits per heavy atom. The zero-order valence-electron chi connectivity index (χ0n) is 9.72. The van der Waals surface area contributed by atoms with Gasteiger partial charge in [-0.25, -0.2) is 13.2 Å². The number of rotatable bonds is 3. The molecule has 2 rings (SSSR count). The molecule has 0 spiro atoms. The van der Waals surface area contributed by atoms with Crippen LogP contribution in [0.1, 0.15) is 29.2 Å². The molecule has 0 radical (unpaired) electrons. The van der Waals surface area contributed by atoms with Crippen LogP contribution < -0.4 is 0 Å². The molecule has 1 aromatic carbocycles. The van der Waals surface area contributed by atoms with Gasteiger partial charge in [0, 0.05) is 17.3 Å². The van der Waals surface area contributed by atoms with Gasteiger partial charge >= 0.3 is 0 Å². The van der Waals surface area contributed by atoms with Crippen molar-refractivity contribution >= 4 is 0 Å². The van der Waals surface area contributed by atoms with Crippen LogP contribution in [-0.4, -0.2) is 4.98 Å². The van der Waals surface area contributed by atoms with E-state index in [2.05, 4.69) is 4.98 Å². The Morgan fingerprint density at radius 2 is 1.89 bits per heavy atom. The number of halogens is 3. The van der Waals surface area contributed by atoms with Gasteiger partial charge in [-0.15, -0.1) is 0 Å². The van der Waals surface area contributed by atoms with Gasteiger partial charge in [0.25, 0.3) is 6.43 Å². The highest BCUT2D eigenvalue weighted by Gasteiger charge is 2.20. The fourth-order valence-corrected chi connectivity index (χ4v) is 1.76. The number of pyridine rings is 1. The summed E-state index contributed by atoms with van der Waals surface area (Å²) in [4.78, 5) is 3.89. The predicted octanol–water partition coefficient (Wildman–Crippen LogP) is 3.81. The van der Waals surface area contributed by atoms with Gasteiger partial charge in [0.05, 0.1) is 11.8 Å². The van der Waals surface area contributed by atoms with Crippen LogP contribution >= 0.6 is 0 Å². The number of hydrogen-bond acceptors (Lipinski definition) is 2. The Morgan fingerprint density at radius 1 is 1.16 bits per heavy atom. The summed E-state index contributed by atoms with van der Waals surface area (Å²) in [6, 6.07) is 9.94. The molecule has 19 heavy (non-hydrogen) atoms. The fraction of sp³-hybridized carbons (Fsp3) is 0.143. The molecule has 1 aromatic heterocycles. The van der Waals surface area contributed by atoms with Crippen molar-refractivity contribution in [3.63, 3.8) is 0 Å². The van der Waals surface area contributed by atoms with Crippen molar-refractivity contribution in [2.24, 2.45) is 0 Å². The Labute approximate surface area is 108 Å². The molecular formula is C14H9F3N2. The quantitative estimate of drug-likeness (QED) is 0.843. The lowest BCUT2D eigenvalue weighted by atomic mass is 9.95. The first kappa shape index (κ1) is 13.1. The molecule has 96 valence electrons. The Bertz CT molecular complexity index is 620. The monoisotopic (exact) mass is 262 g/mol. The van der Waals surface area contributed by atoms with Gasteiger partial charge in [0.1, 0.15) is 11.7 Å². The van der Waals surface area contributed by atoms with Crippen molar-refractivity contribution in [1.29, 1.82) is 5.26 Å². The molecule has 5 heteroatoms. The summed E-state index contributed by atoms with van der Waals surface area (Å²) in [5.41, 5.74) is 0.0101. The minimum Gasteiger partial charge on any atom is -0.260 e. The highest BCUT2D eigenvalue weighted by molar-refractivity contribution is 5.36. The van der Waals surface area contributed by atoms with Crippen LogP contribution in [0.25, 0.3) is 0 Å². The molecule has 0 fully saturated rings. The van der Waals surface area contributed by atoms with E-state index in [-0.39, 0.29) is 16.8 Å². The lowest BCUT2D eigenvalue weighted by Gasteiger charge is -2.11. The zero-order chi connectivity index (χ0) is 13.8. The van der Waals surface area contributed by atoms with Crippen molar-refractivity contribution in [2.45, 2.75) is 12.3 Å². The topological polar surface area (TPSA) is 36.7 Å². The first-order valence-corrected chi connectivity index (χ1v) is 5.51. The number of aromatic nitrogens is 1. The SMILES string of the molecule is N#CC(c1cc(C(F)F)ccn1)c1ccccc1F. The summed E-state index contributed by atoms with van der Waals surface area (Å²) in [6.07, 6.45) is -1.45. The first-order valence-electron chi connectivity index (χ1n) is 5.51. The second-order valence-electron chi connectivity index (χ2n) is 3.90. The van der Waals surface area contributed by atoms with Crippen LogP contribution in [0, 0.1) is 17.1 Å². The molecule has 0 N–H and O–H groups in total. The van der Waals surface area contributed by atoms with Crippen molar-refractivity contribution in [3.05, 3.63) is 65.2 Å². The summed E-state index contributed by atoms with van der Waals surface area (Å²) in [6.45, 7) is 0. The third-order valence-electron chi connectivity index (χ3n) is 2.70. The second-order valence-corrected chi connectivity index (χ2v) is 3.90. The van der Waals surface area contributed by atoms with Gasteiger partial charge < -0.3 is 0 Å². The molecule has 0 saturated heterocycles. The molecule has 0 aliphatic rings. The molecule has 0 amide bonds. The highest BCUT2D eigenvalue weighted by atomic mass is 19.3. The highest BCUT2D eigenvalue weighted by Crippen LogP contribution is 2.27. The van der Waals surface area contributed by atoms with E-state index in [1.807, 2.05) is 6.07 Å². The summed E-state index contributed by atoms with van der Waals surface area (Å²) >= 11 is 0. The summed E-state index contributed by atoms with van der Waals surface area (Å²) in [5, 5.41) is 9.14. The lowest BCUT2D eigenvalue weighted by Crippen LogP contribution is -2.04. The molecule has 0 bridgehead atoms. The van der Waals surface area contributed by atoms with Crippen LogP contribution in [0.2, 0.25) is 0 Å². The molecule has 0 aliphatic heterocycles. The van der Waals surface area contributed by atoms with Crippen LogP contribution in [-0.2, 0) is 0 Å². The van der Waals surface area contributed by atoms with E-state index in [9.17, 15) is 13.2 Å². The standard InChI is InChI=1S/C14H9F3N2/c15-12-4-2-1-3-10(12)11(8-18)13-7-9(14(16)17)5-6-19-13/h1-7,11,14H. The predicted molar refractivity (Wildman–Crippen MR) is 63.1 cm³/mol. The maximum Gasteiger partial charge on any atom is 0.263 e. The molecule has 1 unspecified atom stereocenters. The van der Waals surface area contributed by atoms with E-state index in [4.69, 9.17) is 5.26 Å². The van der Waals surface area contributed by atoms with Crippen LogP contribution in [0.15, 0.2) is 42.6 Å². The minimum absolute atomic E-state index is 0.116. The van der Waals surface area contributed by atoms with Gasteiger partial charge in [-0.1, -0.05) is 18.2 Å². The second kappa shape index (κ2) is 5.53. The molecule has 2 nitrogen and oxygen atoms in total. The largest absolute Gasteiger partial charge is 0.263 e. The maximum absolute atomic E-state index is 13.6. The number of nitrogens with zero attached hydrogens (tertiary/aromatic N) is 2. The molecule has 0 saturated carbocycles. The third kappa shape index (κ3) is 2.74. The van der Waals surface area contributed by atoms with Gasteiger partial charge in [-0.2, -0.15) is 5.26 Å². The van der Waals surface area contributed by atoms with Crippen LogP contribution in [0.5, 0.6) is 0 Å². The van der Waals surface area contributed by atoms with E-state index in [1.165, 1.54) is 30.5 Å². The van der Waals surface area contributed by atoms with Crippen molar-refractivity contribution in [3.8, 4) is 6.07 Å². The van der Waals surface area contributed by atoms with Gasteiger partial charge in [0.2, 0.25) is 0 Å². The van der Waals surface area contributed by atoms with Gasteiger partial charge in [-0.05, 0) is 18.2 Å². The molecule has 0 aliphatic carbocycles. The van der Waals surface area contributed by atoms with E-state index >= 15 is 0 Å². The van der Waals surface area contributed by atoms with E-state index < -0.39 is 18.2 Å². The summed E-state index contributed by atoms with van der Waals surface area (Å²) < 4.78 is 38.9. The van der Waals surface area contributed by atoms with Crippen molar-refractivity contribution in [1.82, 2.24) is 4.98 Å².